The lowest BCUT2D eigenvalue weighted by molar-refractivity contribution is -0.213. The van der Waals surface area contributed by atoms with Crippen molar-refractivity contribution in [3.05, 3.63) is 41.4 Å². The third-order valence-electron chi connectivity index (χ3n) is 12.5. The number of carbonyl (C=O) groups is 2. The van der Waals surface area contributed by atoms with E-state index in [4.69, 9.17) is 16.3 Å². The number of benzene rings is 1. The Hall–Kier alpha value is -1.97. The van der Waals surface area contributed by atoms with Crippen molar-refractivity contribution in [3.8, 4) is 6.07 Å². The predicted molar refractivity (Wildman–Crippen MR) is 193 cm³/mol. The number of Topliss-reactive ketones (excluding diaryl/α,β-unsaturated/α-hetero) is 1. The summed E-state index contributed by atoms with van der Waals surface area (Å²) in [5.74, 6) is 0.229. The third-order valence-corrected chi connectivity index (χ3v) is 14.6. The maximum atomic E-state index is 15.1. The number of ketones is 1. The summed E-state index contributed by atoms with van der Waals surface area (Å²) in [6.07, 6.45) is 14.0. The number of aryl methyl sites for hydroxylation is 1. The zero-order chi connectivity index (χ0) is 34.1. The van der Waals surface area contributed by atoms with Crippen molar-refractivity contribution in [1.82, 2.24) is 24.9 Å². The van der Waals surface area contributed by atoms with E-state index in [2.05, 4.69) is 45.8 Å². The van der Waals surface area contributed by atoms with E-state index >= 15 is 4.79 Å². The molecule has 6 aliphatic rings. The average molecular weight is 709 g/mol. The molecule has 1 spiro atoms. The monoisotopic (exact) mass is 708 g/mol. The Morgan fingerprint density at radius 3 is 2.67 bits per heavy atom. The number of nitrogens with one attached hydrogen (secondary N) is 1. The van der Waals surface area contributed by atoms with Gasteiger partial charge in [0, 0.05) is 42.5 Å². The van der Waals surface area contributed by atoms with Crippen LogP contribution in [0.15, 0.2) is 35.7 Å². The molecule has 4 heterocycles. The molecule has 4 aliphatic heterocycles. The van der Waals surface area contributed by atoms with Gasteiger partial charge in [-0.15, -0.1) is 11.8 Å². The first-order valence-corrected chi connectivity index (χ1v) is 19.9. The lowest BCUT2D eigenvalue weighted by Crippen LogP contribution is -2.77. The highest BCUT2D eigenvalue weighted by Gasteiger charge is 2.58. The highest BCUT2D eigenvalue weighted by atomic mass is 35.5. The van der Waals surface area contributed by atoms with Crippen molar-refractivity contribution < 1.29 is 14.3 Å². The minimum Gasteiger partial charge on any atom is -0.348 e. The van der Waals surface area contributed by atoms with E-state index in [1.165, 1.54) is 43.7 Å². The van der Waals surface area contributed by atoms with Crippen molar-refractivity contribution in [2.75, 3.05) is 39.8 Å². The molecule has 1 aromatic carbocycles. The van der Waals surface area contributed by atoms with E-state index in [-0.39, 0.29) is 42.3 Å². The molecule has 1 N–H and O–H groups in total. The second-order valence-corrected chi connectivity index (χ2v) is 17.1. The molecule has 1 aromatic rings. The van der Waals surface area contributed by atoms with Crippen molar-refractivity contribution in [1.29, 1.82) is 5.26 Å². The summed E-state index contributed by atoms with van der Waals surface area (Å²) in [5.41, 5.74) is 1.24. The first-order valence-electron chi connectivity index (χ1n) is 18.7. The first-order chi connectivity index (χ1) is 23.8. The van der Waals surface area contributed by atoms with Gasteiger partial charge in [-0.2, -0.15) is 5.26 Å². The number of ether oxygens (including phenoxy) is 1. The van der Waals surface area contributed by atoms with Crippen LogP contribution in [0.2, 0.25) is 5.02 Å². The van der Waals surface area contributed by atoms with Crippen LogP contribution >= 0.6 is 23.4 Å². The van der Waals surface area contributed by atoms with Gasteiger partial charge in [0.1, 0.15) is 0 Å². The van der Waals surface area contributed by atoms with Crippen molar-refractivity contribution >= 4 is 35.1 Å². The molecular weight excluding hydrogens is 656 g/mol. The van der Waals surface area contributed by atoms with Crippen LogP contribution in [0.4, 0.5) is 0 Å². The Balaban J connectivity index is 1.25. The molecule has 0 radical (unpaired) electrons. The van der Waals surface area contributed by atoms with Gasteiger partial charge >= 0.3 is 0 Å². The summed E-state index contributed by atoms with van der Waals surface area (Å²) in [4.78, 5) is 38.4. The van der Waals surface area contributed by atoms with E-state index in [0.717, 1.165) is 61.4 Å². The lowest BCUT2D eigenvalue weighted by atomic mass is 9.71. The molecule has 7 rings (SSSR count). The summed E-state index contributed by atoms with van der Waals surface area (Å²) >= 11 is 8.45. The Bertz CT molecular complexity index is 1430. The molecule has 7 atom stereocenters. The molecule has 9 nitrogen and oxygen atoms in total. The number of halogens is 1. The van der Waals surface area contributed by atoms with Gasteiger partial charge in [0.15, 0.2) is 12.1 Å². The van der Waals surface area contributed by atoms with Crippen molar-refractivity contribution in [2.45, 2.75) is 130 Å². The summed E-state index contributed by atoms with van der Waals surface area (Å²) in [7, 11) is 2.19. The van der Waals surface area contributed by atoms with Crippen LogP contribution in [0.25, 0.3) is 0 Å². The van der Waals surface area contributed by atoms with Gasteiger partial charge in [-0.05, 0) is 82.7 Å². The number of hydrogen-bond acceptors (Lipinski definition) is 9. The van der Waals surface area contributed by atoms with E-state index in [0.29, 0.717) is 38.3 Å². The first kappa shape index (κ1) is 35.4. The Morgan fingerprint density at radius 1 is 1.12 bits per heavy atom. The van der Waals surface area contributed by atoms with Crippen molar-refractivity contribution in [3.63, 3.8) is 0 Å². The number of nitriles is 1. The zero-order valence-corrected chi connectivity index (χ0v) is 30.6. The summed E-state index contributed by atoms with van der Waals surface area (Å²) in [6.45, 7) is 7.27. The van der Waals surface area contributed by atoms with Gasteiger partial charge in [0.05, 0.1) is 47.1 Å². The van der Waals surface area contributed by atoms with Gasteiger partial charge < -0.3 is 14.5 Å². The SMILES string of the molecule is C=CC(=O)N1CCN(C2C3CC[C@]4(CCc5cccc(Cl)c5S4)C(=O)C3NC(OCC3CCCN3C)N2C2CCCCCC2)CC1CC#N. The fraction of sp³-hybridized carbons (Fsp3) is 0.711. The number of rotatable bonds is 7. The topological polar surface area (TPSA) is 92.2 Å². The van der Waals surface area contributed by atoms with Gasteiger partial charge in [-0.3, -0.25) is 19.8 Å². The molecule has 266 valence electrons. The van der Waals surface area contributed by atoms with Crippen LogP contribution in [0.1, 0.15) is 82.6 Å². The predicted octanol–water partition coefficient (Wildman–Crippen LogP) is 5.43. The molecular formula is C38H53ClN6O3S. The molecule has 6 unspecified atom stereocenters. The maximum absolute atomic E-state index is 15.1. The van der Waals surface area contributed by atoms with Gasteiger partial charge in [0.25, 0.3) is 0 Å². The largest absolute Gasteiger partial charge is 0.348 e. The van der Waals surface area contributed by atoms with Gasteiger partial charge in [-0.25, -0.2) is 4.90 Å². The summed E-state index contributed by atoms with van der Waals surface area (Å²) in [6, 6.07) is 8.57. The van der Waals surface area contributed by atoms with Crippen LogP contribution in [0.3, 0.4) is 0 Å². The highest BCUT2D eigenvalue weighted by molar-refractivity contribution is 8.01. The van der Waals surface area contributed by atoms with E-state index in [9.17, 15) is 10.1 Å². The number of hydrogen-bond donors (Lipinski definition) is 1. The van der Waals surface area contributed by atoms with Crippen molar-refractivity contribution in [2.24, 2.45) is 5.92 Å². The smallest absolute Gasteiger partial charge is 0.246 e. The molecule has 2 aliphatic carbocycles. The van der Waals surface area contributed by atoms with E-state index in [1.54, 1.807) is 11.8 Å². The molecule has 1 amide bonds. The molecule has 49 heavy (non-hydrogen) atoms. The molecule has 0 bridgehead atoms. The Labute approximate surface area is 301 Å². The Kier molecular flexibility index (Phi) is 11.1. The van der Waals surface area contributed by atoms with E-state index in [1.807, 2.05) is 17.0 Å². The number of fused-ring (bicyclic) bond motifs is 2. The normalized spacial score (nSPS) is 35.0. The molecule has 3 saturated heterocycles. The number of thioether (sulfide) groups is 1. The zero-order valence-electron chi connectivity index (χ0n) is 29.0. The second-order valence-electron chi connectivity index (χ2n) is 15.3. The second kappa shape index (κ2) is 15.3. The van der Waals surface area contributed by atoms with Gasteiger partial charge in [0.2, 0.25) is 5.91 Å². The van der Waals surface area contributed by atoms with Crippen LogP contribution in [-0.2, 0) is 20.7 Å². The number of nitrogens with zero attached hydrogens (tertiary/aromatic N) is 5. The van der Waals surface area contributed by atoms with Crippen LogP contribution < -0.4 is 5.32 Å². The fourth-order valence-corrected chi connectivity index (χ4v) is 11.7. The number of amides is 1. The average Bonchev–Trinajstić information content (AvgIpc) is 3.34. The quantitative estimate of drug-likeness (QED) is 0.294. The minimum atomic E-state index is -0.518. The molecule has 2 saturated carbocycles. The third kappa shape index (κ3) is 6.98. The molecule has 5 fully saturated rings. The number of likely N-dealkylation sites (N-methyl/N-ethyl adjacent to an activating group) is 1. The summed E-state index contributed by atoms with van der Waals surface area (Å²) in [5, 5.41) is 14.5. The Morgan fingerprint density at radius 2 is 1.94 bits per heavy atom. The van der Waals surface area contributed by atoms with Crippen LogP contribution in [0.5, 0.6) is 0 Å². The highest BCUT2D eigenvalue weighted by Crippen LogP contribution is 2.54. The number of likely N-dealkylation sites (tertiary alicyclic amines) is 1. The number of piperazine rings is 1. The minimum absolute atomic E-state index is 0.0337. The van der Waals surface area contributed by atoms with Crippen LogP contribution in [-0.4, -0.2) is 113 Å². The standard InChI is InChI=1S/C38H53ClN6O3S/c1-3-32(46)44-23-22-43(24-28(44)17-20-40)36-30-16-19-38(18-15-26-10-8-14-31(39)34(26)49-38)35(47)33(30)41-37(48-25-29-13-9-21-42(29)2)45(36)27-11-6-4-5-7-12-27/h3,8,10,14,27-30,33,36-37,41H,1,4-7,9,11-13,15-19,21-25H2,2H3/t28?,29?,30?,33?,36?,37?,38-/m1/s1. The van der Waals surface area contributed by atoms with E-state index < -0.39 is 11.1 Å². The molecule has 11 heteroatoms. The number of carbonyl (C=O) groups excluding carboxylic acids is 2. The summed E-state index contributed by atoms with van der Waals surface area (Å²) < 4.78 is 6.48. The lowest BCUT2D eigenvalue weighted by Gasteiger charge is -2.60. The fourth-order valence-electron chi connectivity index (χ4n) is 9.84. The van der Waals surface area contributed by atoms with Gasteiger partial charge in [-0.1, -0.05) is 56.0 Å². The maximum Gasteiger partial charge on any atom is 0.246 e. The molecule has 0 aromatic heterocycles. The van der Waals surface area contributed by atoms with Crippen LogP contribution in [0, 0.1) is 17.2 Å².